The van der Waals surface area contributed by atoms with Gasteiger partial charge in [0.25, 0.3) is 0 Å². The molecule has 7 heteroatoms. The van der Waals surface area contributed by atoms with E-state index in [1.807, 2.05) is 12.1 Å². The highest BCUT2D eigenvalue weighted by Gasteiger charge is 2.32. The fourth-order valence-corrected chi connectivity index (χ4v) is 3.64. The van der Waals surface area contributed by atoms with Crippen molar-refractivity contribution in [2.45, 2.75) is 4.90 Å². The molecule has 0 saturated carbocycles. The number of carbonyl (C=O) groups excluding carboxylic acids is 1. The van der Waals surface area contributed by atoms with Crippen LogP contribution in [0.4, 0.5) is 19.3 Å². The van der Waals surface area contributed by atoms with Gasteiger partial charge in [0.05, 0.1) is 23.7 Å². The van der Waals surface area contributed by atoms with Crippen molar-refractivity contribution in [3.05, 3.63) is 96.6 Å². The van der Waals surface area contributed by atoms with E-state index in [1.54, 1.807) is 12.1 Å². The van der Waals surface area contributed by atoms with Crippen molar-refractivity contribution in [1.29, 1.82) is 0 Å². The van der Waals surface area contributed by atoms with E-state index in [9.17, 15) is 13.6 Å². The maximum Gasteiger partial charge on any atom is 0.335 e. The zero-order valence-corrected chi connectivity index (χ0v) is 16.7. The Bertz CT molecular complexity index is 907. The summed E-state index contributed by atoms with van der Waals surface area (Å²) in [7, 11) is 0. The average Bonchev–Trinajstić information content (AvgIpc) is 2.65. The number of amides is 2. The molecule has 2 amide bonds. The predicted octanol–water partition coefficient (Wildman–Crippen LogP) is 6.69. The van der Waals surface area contributed by atoms with E-state index in [0.717, 1.165) is 4.90 Å². The first-order valence-corrected chi connectivity index (χ1v) is 9.32. The third kappa shape index (κ3) is 5.24. The summed E-state index contributed by atoms with van der Waals surface area (Å²) >= 11 is 7.28. The minimum Gasteiger partial charge on any atom is -0.288 e. The molecule has 0 spiro atoms. The van der Waals surface area contributed by atoms with Crippen LogP contribution in [-0.2, 0) is 0 Å². The Balaban J connectivity index is 2.37. The van der Waals surface area contributed by atoms with E-state index in [4.69, 9.17) is 11.6 Å². The van der Waals surface area contributed by atoms with E-state index in [2.05, 4.69) is 26.3 Å². The number of allylic oxidation sites excluding steroid dienone is 4. The van der Waals surface area contributed by atoms with Gasteiger partial charge in [-0.2, -0.15) is 0 Å². The fourth-order valence-electron chi connectivity index (χ4n) is 2.42. The monoisotopic (exact) mass is 420 g/mol. The lowest BCUT2D eigenvalue weighted by molar-refractivity contribution is 0.233. The summed E-state index contributed by atoms with van der Waals surface area (Å²) < 4.78 is 28.2. The molecule has 0 aliphatic carbocycles. The number of halogens is 3. The summed E-state index contributed by atoms with van der Waals surface area (Å²) in [5.41, 5.74) is 1.20. The maximum absolute atomic E-state index is 13.9. The van der Waals surface area contributed by atoms with E-state index >= 15 is 0 Å². The van der Waals surface area contributed by atoms with Gasteiger partial charge in [0.15, 0.2) is 0 Å². The highest BCUT2D eigenvalue weighted by molar-refractivity contribution is 7.97. The Morgan fingerprint density at radius 1 is 1.14 bits per heavy atom. The molecule has 0 saturated heterocycles. The molecule has 1 aliphatic heterocycles. The van der Waals surface area contributed by atoms with E-state index < -0.39 is 11.7 Å². The summed E-state index contributed by atoms with van der Waals surface area (Å²) in [4.78, 5) is 15.3. The quantitative estimate of drug-likeness (QED) is 0.345. The Hall–Kier alpha value is -2.57. The van der Waals surface area contributed by atoms with Crippen molar-refractivity contribution in [3.63, 3.8) is 0 Å². The van der Waals surface area contributed by atoms with Crippen LogP contribution in [-0.4, -0.2) is 23.4 Å². The molecule has 0 bridgehead atoms. The van der Waals surface area contributed by atoms with Gasteiger partial charge < -0.3 is 0 Å². The number of anilines is 1. The first kappa shape index (κ1) is 21.7. The first-order chi connectivity index (χ1) is 13.2. The van der Waals surface area contributed by atoms with Crippen molar-refractivity contribution in [2.75, 3.05) is 18.0 Å². The van der Waals surface area contributed by atoms with Gasteiger partial charge in [0.1, 0.15) is 11.7 Å². The predicted molar refractivity (Wildman–Crippen MR) is 114 cm³/mol. The van der Waals surface area contributed by atoms with Gasteiger partial charge in [-0.25, -0.2) is 13.6 Å². The van der Waals surface area contributed by atoms with Crippen molar-refractivity contribution >= 4 is 35.3 Å². The lowest BCUT2D eigenvalue weighted by Crippen LogP contribution is -2.44. The topological polar surface area (TPSA) is 23.6 Å². The second-order valence-electron chi connectivity index (χ2n) is 5.84. The molecule has 2 rings (SSSR count). The SMILES string of the molecule is C=C/C(Cl)=C(/CN1C(=O)N(CC(=C)/C=C\C(=C)F)Sc2ccccc21)C(=C)F. The Morgan fingerprint density at radius 2 is 1.82 bits per heavy atom. The Kier molecular flexibility index (Phi) is 7.43. The van der Waals surface area contributed by atoms with Crippen LogP contribution in [0.25, 0.3) is 0 Å². The molecule has 0 N–H and O–H groups in total. The zero-order chi connectivity index (χ0) is 20.8. The van der Waals surface area contributed by atoms with Gasteiger partial charge in [0.2, 0.25) is 0 Å². The van der Waals surface area contributed by atoms with Gasteiger partial charge in [-0.15, -0.1) is 0 Å². The first-order valence-electron chi connectivity index (χ1n) is 8.16. The molecule has 0 atom stereocenters. The number of urea groups is 1. The van der Waals surface area contributed by atoms with E-state index in [0.29, 0.717) is 11.3 Å². The number of benzene rings is 1. The summed E-state index contributed by atoms with van der Waals surface area (Å²) in [6.07, 6.45) is 3.92. The van der Waals surface area contributed by atoms with Crippen LogP contribution in [0.1, 0.15) is 0 Å². The molecule has 1 aliphatic rings. The lowest BCUT2D eigenvalue weighted by Gasteiger charge is -2.36. The van der Waals surface area contributed by atoms with Crippen LogP contribution in [0, 0.1) is 0 Å². The molecule has 1 heterocycles. The highest BCUT2D eigenvalue weighted by Crippen LogP contribution is 2.40. The van der Waals surface area contributed by atoms with Gasteiger partial charge >= 0.3 is 6.03 Å². The van der Waals surface area contributed by atoms with E-state index in [1.165, 1.54) is 39.4 Å². The summed E-state index contributed by atoms with van der Waals surface area (Å²) in [6.45, 7) is 13.8. The fraction of sp³-hybridized carbons (Fsp3) is 0.0952. The largest absolute Gasteiger partial charge is 0.335 e. The number of para-hydroxylation sites is 1. The minimum atomic E-state index is -0.742. The summed E-state index contributed by atoms with van der Waals surface area (Å²) in [5, 5.41) is 0.0800. The third-order valence-electron chi connectivity index (χ3n) is 3.77. The van der Waals surface area contributed by atoms with Crippen molar-refractivity contribution in [3.8, 4) is 0 Å². The number of carbonyl (C=O) groups is 1. The molecule has 1 aromatic rings. The molecule has 28 heavy (non-hydrogen) atoms. The molecular weight excluding hydrogens is 402 g/mol. The Labute approximate surface area is 172 Å². The number of nitrogens with zero attached hydrogens (tertiary/aromatic N) is 2. The third-order valence-corrected chi connectivity index (χ3v) is 5.20. The van der Waals surface area contributed by atoms with Gasteiger partial charge in [-0.3, -0.25) is 9.21 Å². The number of hydrogen-bond acceptors (Lipinski definition) is 2. The highest BCUT2D eigenvalue weighted by atomic mass is 35.5. The normalized spacial score (nSPS) is 14.6. The molecular formula is C21H19ClF2N2OS. The van der Waals surface area contributed by atoms with Crippen molar-refractivity contribution in [1.82, 2.24) is 4.31 Å². The van der Waals surface area contributed by atoms with Crippen LogP contribution in [0.15, 0.2) is 102 Å². The van der Waals surface area contributed by atoms with Crippen LogP contribution in [0.3, 0.4) is 0 Å². The molecule has 3 nitrogen and oxygen atoms in total. The zero-order valence-electron chi connectivity index (χ0n) is 15.1. The minimum absolute atomic E-state index is 0.0686. The Morgan fingerprint density at radius 3 is 2.43 bits per heavy atom. The van der Waals surface area contributed by atoms with Gasteiger partial charge in [0, 0.05) is 10.6 Å². The van der Waals surface area contributed by atoms with Gasteiger partial charge in [-0.1, -0.05) is 62.2 Å². The molecule has 0 fully saturated rings. The average molecular weight is 421 g/mol. The number of hydrogen-bond donors (Lipinski definition) is 0. The molecule has 0 radical (unpaired) electrons. The van der Waals surface area contributed by atoms with Crippen molar-refractivity contribution < 1.29 is 13.6 Å². The molecule has 1 aromatic carbocycles. The molecule has 0 aromatic heterocycles. The van der Waals surface area contributed by atoms with Crippen LogP contribution in [0.2, 0.25) is 0 Å². The second kappa shape index (κ2) is 9.57. The smallest absolute Gasteiger partial charge is 0.288 e. The number of fused-ring (bicyclic) bond motifs is 1. The van der Waals surface area contributed by atoms with E-state index in [-0.39, 0.29) is 29.7 Å². The standard InChI is InChI=1S/C21H19ClF2N2OS/c1-5-18(22)17(16(4)24)13-25-19-8-6-7-9-20(19)28-26(21(25)27)12-14(2)10-11-15(3)23/h5-11H,1-4,12-13H2/b11-10-,18-17+. The van der Waals surface area contributed by atoms with Gasteiger partial charge in [-0.05, 0) is 35.7 Å². The maximum atomic E-state index is 13.9. The lowest BCUT2D eigenvalue weighted by atomic mass is 10.2. The van der Waals surface area contributed by atoms with Crippen LogP contribution < -0.4 is 4.90 Å². The van der Waals surface area contributed by atoms with Crippen molar-refractivity contribution in [2.24, 2.45) is 0 Å². The summed E-state index contributed by atoms with van der Waals surface area (Å²) in [5.74, 6) is -1.35. The second-order valence-corrected chi connectivity index (χ2v) is 7.31. The number of rotatable bonds is 8. The molecule has 0 unspecified atom stereocenters. The summed E-state index contributed by atoms with van der Waals surface area (Å²) in [6, 6.07) is 6.84. The van der Waals surface area contributed by atoms with Crippen LogP contribution >= 0.6 is 23.5 Å². The molecule has 146 valence electrons. The van der Waals surface area contributed by atoms with Crippen LogP contribution in [0.5, 0.6) is 0 Å².